The molecular formula is C10H20N4OS2. The molecule has 0 fully saturated rings. The van der Waals surface area contributed by atoms with E-state index in [1.54, 1.807) is 23.1 Å². The molecule has 17 heavy (non-hydrogen) atoms. The van der Waals surface area contributed by atoms with Crippen molar-refractivity contribution in [2.45, 2.75) is 23.7 Å². The molecular weight excluding hydrogens is 256 g/mol. The largest absolute Gasteiger partial charge is 0.395 e. The second-order valence-corrected chi connectivity index (χ2v) is 6.12. The molecule has 1 aromatic heterocycles. The second kappa shape index (κ2) is 7.86. The van der Waals surface area contributed by atoms with Gasteiger partial charge in [0, 0.05) is 25.9 Å². The predicted octanol–water partition coefficient (Wildman–Crippen LogP) is 1.06. The van der Waals surface area contributed by atoms with Gasteiger partial charge in [-0.1, -0.05) is 30.0 Å². The summed E-state index contributed by atoms with van der Waals surface area (Å²) in [6.45, 7) is 3.12. The number of nitrogens with zero attached hydrogens (tertiary/aromatic N) is 3. The minimum atomic E-state index is 0.188. The number of hydrogen-bond acceptors (Lipinski definition) is 7. The summed E-state index contributed by atoms with van der Waals surface area (Å²) in [5.41, 5.74) is 0. The van der Waals surface area contributed by atoms with Crippen LogP contribution >= 0.6 is 23.1 Å². The molecule has 0 aliphatic carbocycles. The van der Waals surface area contributed by atoms with Crippen LogP contribution in [0, 0.1) is 0 Å². The van der Waals surface area contributed by atoms with Crippen molar-refractivity contribution in [1.82, 2.24) is 15.5 Å². The highest BCUT2D eigenvalue weighted by Crippen LogP contribution is 2.27. The van der Waals surface area contributed by atoms with Crippen LogP contribution < -0.4 is 10.2 Å². The molecule has 1 aromatic rings. The molecule has 0 aliphatic heterocycles. The highest BCUT2D eigenvalue weighted by Gasteiger charge is 2.09. The number of rotatable bonds is 8. The molecule has 0 radical (unpaired) electrons. The molecule has 0 aliphatic rings. The Kier molecular flexibility index (Phi) is 6.79. The fourth-order valence-corrected chi connectivity index (χ4v) is 3.16. The van der Waals surface area contributed by atoms with Gasteiger partial charge in [0.05, 0.1) is 6.61 Å². The summed E-state index contributed by atoms with van der Waals surface area (Å²) < 4.78 is 0.988. The molecule has 1 heterocycles. The fraction of sp³-hybridized carbons (Fsp3) is 0.800. The fourth-order valence-electron chi connectivity index (χ4n) is 1.28. The van der Waals surface area contributed by atoms with Crippen molar-refractivity contribution in [3.05, 3.63) is 0 Å². The third-order valence-corrected chi connectivity index (χ3v) is 4.44. The van der Waals surface area contributed by atoms with E-state index >= 15 is 0 Å². The van der Waals surface area contributed by atoms with E-state index in [0.29, 0.717) is 0 Å². The third kappa shape index (κ3) is 5.20. The van der Waals surface area contributed by atoms with Gasteiger partial charge in [-0.2, -0.15) is 0 Å². The van der Waals surface area contributed by atoms with E-state index in [2.05, 4.69) is 15.5 Å². The first-order valence-electron chi connectivity index (χ1n) is 5.65. The number of aliphatic hydroxyl groups is 1. The summed E-state index contributed by atoms with van der Waals surface area (Å²) in [6, 6.07) is 0.189. The second-order valence-electron chi connectivity index (χ2n) is 3.82. The number of likely N-dealkylation sites (N-methyl/N-ethyl adjacent to an activating group) is 1. The number of aliphatic hydroxyl groups excluding tert-OH is 1. The van der Waals surface area contributed by atoms with Crippen LogP contribution in [0.3, 0.4) is 0 Å². The maximum absolute atomic E-state index is 9.13. The summed E-state index contributed by atoms with van der Waals surface area (Å²) in [7, 11) is 3.92. The molecule has 1 atom stereocenters. The molecule has 0 amide bonds. The van der Waals surface area contributed by atoms with E-state index in [9.17, 15) is 0 Å². The zero-order chi connectivity index (χ0) is 12.7. The lowest BCUT2D eigenvalue weighted by Crippen LogP contribution is -2.32. The Labute approximate surface area is 111 Å². The molecule has 0 saturated carbocycles. The smallest absolute Gasteiger partial charge is 0.208 e. The summed E-state index contributed by atoms with van der Waals surface area (Å²) in [6.07, 6.45) is 0.936. The Morgan fingerprint density at radius 3 is 2.76 bits per heavy atom. The molecule has 7 heteroatoms. The van der Waals surface area contributed by atoms with Crippen LogP contribution in [0.15, 0.2) is 4.34 Å². The van der Waals surface area contributed by atoms with Gasteiger partial charge in [0.25, 0.3) is 0 Å². The first-order valence-corrected chi connectivity index (χ1v) is 7.45. The van der Waals surface area contributed by atoms with Gasteiger partial charge in [-0.05, 0) is 13.0 Å². The van der Waals surface area contributed by atoms with Crippen LogP contribution in [0.4, 0.5) is 5.13 Å². The summed E-state index contributed by atoms with van der Waals surface area (Å²) in [5, 5.41) is 21.5. The van der Waals surface area contributed by atoms with E-state index in [1.807, 2.05) is 25.9 Å². The van der Waals surface area contributed by atoms with Crippen molar-refractivity contribution in [3.8, 4) is 0 Å². The average Bonchev–Trinajstić information content (AvgIpc) is 2.77. The first kappa shape index (κ1) is 14.7. The van der Waals surface area contributed by atoms with E-state index < -0.39 is 0 Å². The molecule has 0 spiro atoms. The first-order chi connectivity index (χ1) is 8.17. The Hall–Kier alpha value is -0.370. The van der Waals surface area contributed by atoms with E-state index in [0.717, 1.165) is 28.2 Å². The van der Waals surface area contributed by atoms with Crippen LogP contribution in [0.25, 0.3) is 0 Å². The SMILES string of the molecule is CCNC(CO)CCSc1nnc(N(C)C)s1. The molecule has 0 saturated heterocycles. The summed E-state index contributed by atoms with van der Waals surface area (Å²) in [5.74, 6) is 0.945. The molecule has 0 aromatic carbocycles. The van der Waals surface area contributed by atoms with Gasteiger partial charge in [0.1, 0.15) is 0 Å². The highest BCUT2D eigenvalue weighted by atomic mass is 32.2. The zero-order valence-electron chi connectivity index (χ0n) is 10.5. The lowest BCUT2D eigenvalue weighted by Gasteiger charge is -2.13. The van der Waals surface area contributed by atoms with E-state index in [-0.39, 0.29) is 12.6 Å². The topological polar surface area (TPSA) is 61.3 Å². The van der Waals surface area contributed by atoms with Crippen molar-refractivity contribution < 1.29 is 5.11 Å². The van der Waals surface area contributed by atoms with Gasteiger partial charge in [-0.15, -0.1) is 10.2 Å². The lowest BCUT2D eigenvalue weighted by atomic mass is 10.2. The predicted molar refractivity (Wildman–Crippen MR) is 74.1 cm³/mol. The number of aromatic nitrogens is 2. The maximum Gasteiger partial charge on any atom is 0.208 e. The molecule has 1 rings (SSSR count). The minimum Gasteiger partial charge on any atom is -0.395 e. The Morgan fingerprint density at radius 1 is 1.47 bits per heavy atom. The van der Waals surface area contributed by atoms with Gasteiger partial charge < -0.3 is 15.3 Å². The quantitative estimate of drug-likeness (QED) is 0.692. The Bertz CT molecular complexity index is 319. The molecule has 98 valence electrons. The number of nitrogens with one attached hydrogen (secondary N) is 1. The van der Waals surface area contributed by atoms with Crippen molar-refractivity contribution in [3.63, 3.8) is 0 Å². The van der Waals surface area contributed by atoms with Gasteiger partial charge in [-0.25, -0.2) is 0 Å². The minimum absolute atomic E-state index is 0.188. The van der Waals surface area contributed by atoms with E-state index in [4.69, 9.17) is 5.11 Å². The Balaban J connectivity index is 2.29. The van der Waals surface area contributed by atoms with Crippen LogP contribution in [0.2, 0.25) is 0 Å². The van der Waals surface area contributed by atoms with Gasteiger partial charge in [0.15, 0.2) is 4.34 Å². The van der Waals surface area contributed by atoms with Crippen LogP contribution in [-0.2, 0) is 0 Å². The lowest BCUT2D eigenvalue weighted by molar-refractivity contribution is 0.242. The molecule has 1 unspecified atom stereocenters. The molecule has 5 nitrogen and oxygen atoms in total. The maximum atomic E-state index is 9.13. The van der Waals surface area contributed by atoms with Crippen LogP contribution in [0.1, 0.15) is 13.3 Å². The monoisotopic (exact) mass is 276 g/mol. The Morgan fingerprint density at radius 2 is 2.24 bits per heavy atom. The average molecular weight is 276 g/mol. The van der Waals surface area contributed by atoms with Crippen molar-refractivity contribution in [2.24, 2.45) is 0 Å². The normalized spacial score (nSPS) is 12.7. The molecule has 0 bridgehead atoms. The summed E-state index contributed by atoms with van der Waals surface area (Å²) in [4.78, 5) is 1.96. The van der Waals surface area contributed by atoms with Crippen LogP contribution in [-0.4, -0.2) is 54.3 Å². The highest BCUT2D eigenvalue weighted by molar-refractivity contribution is 8.01. The number of thioether (sulfide) groups is 1. The van der Waals surface area contributed by atoms with Crippen molar-refractivity contribution in [1.29, 1.82) is 0 Å². The van der Waals surface area contributed by atoms with Crippen molar-refractivity contribution in [2.75, 3.05) is 37.9 Å². The third-order valence-electron chi connectivity index (χ3n) is 2.18. The van der Waals surface area contributed by atoms with E-state index in [1.165, 1.54) is 0 Å². The van der Waals surface area contributed by atoms with Gasteiger partial charge in [-0.3, -0.25) is 0 Å². The van der Waals surface area contributed by atoms with Gasteiger partial charge in [0.2, 0.25) is 5.13 Å². The number of hydrogen-bond donors (Lipinski definition) is 2. The number of anilines is 1. The summed E-state index contributed by atoms with van der Waals surface area (Å²) >= 11 is 3.29. The van der Waals surface area contributed by atoms with Gasteiger partial charge >= 0.3 is 0 Å². The standard InChI is InChI=1S/C10H20N4OS2/c1-4-11-8(7-15)5-6-16-10-13-12-9(17-10)14(2)3/h8,11,15H,4-7H2,1-3H3. The zero-order valence-corrected chi connectivity index (χ0v) is 12.1. The van der Waals surface area contributed by atoms with Crippen molar-refractivity contribution >= 4 is 28.2 Å². The van der Waals surface area contributed by atoms with Crippen LogP contribution in [0.5, 0.6) is 0 Å². The molecule has 2 N–H and O–H groups in total.